The molecule has 2 saturated heterocycles. The molecule has 4 nitrogen and oxygen atoms in total. The van der Waals surface area contributed by atoms with Crippen molar-refractivity contribution in [3.8, 4) is 0 Å². The van der Waals surface area contributed by atoms with Gasteiger partial charge in [-0.1, -0.05) is 13.1 Å². The van der Waals surface area contributed by atoms with E-state index in [0.717, 1.165) is 13.1 Å². The van der Waals surface area contributed by atoms with Crippen molar-refractivity contribution in [2.75, 3.05) is 29.4 Å². The fraction of sp³-hybridized carbons (Fsp3) is 0.562. The number of halogens is 1. The van der Waals surface area contributed by atoms with Gasteiger partial charge in [0.05, 0.1) is 26.0 Å². The molecule has 1 aromatic rings. The molecular formula is C16H23FN2O2Si. The average molecular weight is 322 g/mol. The molecule has 120 valence electrons. The Morgan fingerprint density at radius 2 is 1.95 bits per heavy atom. The highest BCUT2D eigenvalue weighted by Gasteiger charge is 2.31. The lowest BCUT2D eigenvalue weighted by Crippen LogP contribution is -2.43. The number of cyclic esters (lactones) is 1. The standard InChI is InChI=1S/C16H23FN2O2Si/c1-12-11-19(16(20)21-12)13-4-5-15(14(17)10-13)18-6-8-22(2,3)9-7-18/h4-5,10,12H,6-9,11H2,1-3H3. The maximum atomic E-state index is 14.5. The minimum Gasteiger partial charge on any atom is -0.444 e. The monoisotopic (exact) mass is 322 g/mol. The van der Waals surface area contributed by atoms with Gasteiger partial charge in [0.2, 0.25) is 0 Å². The molecule has 0 radical (unpaired) electrons. The van der Waals surface area contributed by atoms with Crippen molar-refractivity contribution >= 4 is 25.5 Å². The van der Waals surface area contributed by atoms with Crippen molar-refractivity contribution in [2.45, 2.75) is 38.2 Å². The van der Waals surface area contributed by atoms with E-state index in [9.17, 15) is 9.18 Å². The molecule has 1 atom stereocenters. The topological polar surface area (TPSA) is 32.8 Å². The normalized spacial score (nSPS) is 24.5. The molecule has 2 fully saturated rings. The fourth-order valence-electron chi connectivity index (χ4n) is 3.09. The van der Waals surface area contributed by atoms with Crippen LogP contribution in [0.4, 0.5) is 20.6 Å². The highest BCUT2D eigenvalue weighted by Crippen LogP contribution is 2.31. The van der Waals surface area contributed by atoms with Gasteiger partial charge < -0.3 is 9.64 Å². The van der Waals surface area contributed by atoms with Crippen LogP contribution in [0.15, 0.2) is 18.2 Å². The van der Waals surface area contributed by atoms with E-state index in [2.05, 4.69) is 18.0 Å². The fourth-order valence-corrected chi connectivity index (χ4v) is 5.09. The molecule has 6 heteroatoms. The molecule has 1 aromatic carbocycles. The summed E-state index contributed by atoms with van der Waals surface area (Å²) in [6.07, 6.45) is -0.546. The Morgan fingerprint density at radius 3 is 2.50 bits per heavy atom. The number of anilines is 2. The van der Waals surface area contributed by atoms with Crippen molar-refractivity contribution < 1.29 is 13.9 Å². The summed E-state index contributed by atoms with van der Waals surface area (Å²) in [6, 6.07) is 7.45. The van der Waals surface area contributed by atoms with Crippen LogP contribution in [-0.2, 0) is 4.74 Å². The molecule has 0 aromatic heterocycles. The van der Waals surface area contributed by atoms with Crippen molar-refractivity contribution in [3.63, 3.8) is 0 Å². The number of nitrogens with zero attached hydrogens (tertiary/aromatic N) is 2. The second-order valence-electron chi connectivity index (χ2n) is 7.09. The number of ether oxygens (including phenoxy) is 1. The Hall–Kier alpha value is -1.56. The Balaban J connectivity index is 1.77. The molecule has 0 N–H and O–H groups in total. The van der Waals surface area contributed by atoms with E-state index in [0.29, 0.717) is 17.9 Å². The first-order valence-corrected chi connectivity index (χ1v) is 11.3. The number of amides is 1. The molecule has 0 spiro atoms. The maximum Gasteiger partial charge on any atom is 0.414 e. The molecule has 3 rings (SSSR count). The van der Waals surface area contributed by atoms with Crippen LogP contribution in [0.5, 0.6) is 0 Å². The van der Waals surface area contributed by atoms with Gasteiger partial charge in [-0.25, -0.2) is 9.18 Å². The largest absolute Gasteiger partial charge is 0.444 e. The molecule has 0 bridgehead atoms. The zero-order valence-electron chi connectivity index (χ0n) is 13.4. The van der Waals surface area contributed by atoms with Crippen LogP contribution in [0.3, 0.4) is 0 Å². The first-order chi connectivity index (χ1) is 10.4. The highest BCUT2D eigenvalue weighted by atomic mass is 28.3. The zero-order valence-corrected chi connectivity index (χ0v) is 14.4. The van der Waals surface area contributed by atoms with E-state index in [4.69, 9.17) is 4.74 Å². The van der Waals surface area contributed by atoms with Crippen LogP contribution < -0.4 is 9.80 Å². The van der Waals surface area contributed by atoms with E-state index in [1.54, 1.807) is 6.07 Å². The molecule has 2 heterocycles. The second-order valence-corrected chi connectivity index (χ2v) is 12.4. The van der Waals surface area contributed by atoms with E-state index in [-0.39, 0.29) is 11.9 Å². The predicted molar refractivity (Wildman–Crippen MR) is 89.0 cm³/mol. The maximum absolute atomic E-state index is 14.5. The minimum atomic E-state index is -1.06. The molecule has 0 saturated carbocycles. The van der Waals surface area contributed by atoms with Gasteiger partial charge in [-0.3, -0.25) is 4.90 Å². The zero-order chi connectivity index (χ0) is 15.9. The Kier molecular flexibility index (Phi) is 3.88. The van der Waals surface area contributed by atoms with Crippen molar-refractivity contribution in [3.05, 3.63) is 24.0 Å². The first kappa shape index (κ1) is 15.3. The molecule has 2 aliphatic rings. The summed E-state index contributed by atoms with van der Waals surface area (Å²) < 4.78 is 19.6. The van der Waals surface area contributed by atoms with Gasteiger partial charge in [-0.05, 0) is 37.2 Å². The Bertz CT molecular complexity index is 584. The minimum absolute atomic E-state index is 0.149. The number of carbonyl (C=O) groups excluding carboxylic acids is 1. The van der Waals surface area contributed by atoms with Crippen molar-refractivity contribution in [1.82, 2.24) is 0 Å². The molecule has 22 heavy (non-hydrogen) atoms. The summed E-state index contributed by atoms with van der Waals surface area (Å²) in [6.45, 7) is 8.95. The van der Waals surface area contributed by atoms with E-state index >= 15 is 0 Å². The number of hydrogen-bond acceptors (Lipinski definition) is 3. The second kappa shape index (κ2) is 5.57. The van der Waals surface area contributed by atoms with E-state index in [1.807, 2.05) is 13.0 Å². The Morgan fingerprint density at radius 1 is 1.27 bits per heavy atom. The summed E-state index contributed by atoms with van der Waals surface area (Å²) in [5.74, 6) is -0.258. The van der Waals surface area contributed by atoms with Crippen LogP contribution in [0.2, 0.25) is 25.2 Å². The predicted octanol–water partition coefficient (Wildman–Crippen LogP) is 3.70. The number of hydrogen-bond donors (Lipinski definition) is 0. The summed E-state index contributed by atoms with van der Waals surface area (Å²) in [7, 11) is -1.06. The average Bonchev–Trinajstić information content (AvgIpc) is 2.78. The van der Waals surface area contributed by atoms with Crippen LogP contribution in [0.1, 0.15) is 6.92 Å². The number of carbonyl (C=O) groups is 1. The van der Waals surface area contributed by atoms with Gasteiger partial charge in [0.15, 0.2) is 0 Å². The molecular weight excluding hydrogens is 299 g/mol. The summed E-state index contributed by atoms with van der Waals surface area (Å²) in [4.78, 5) is 15.3. The summed E-state index contributed by atoms with van der Waals surface area (Å²) in [5, 5.41) is 0. The van der Waals surface area contributed by atoms with Crippen molar-refractivity contribution in [1.29, 1.82) is 0 Å². The van der Waals surface area contributed by atoms with Gasteiger partial charge in [-0.2, -0.15) is 0 Å². The van der Waals surface area contributed by atoms with E-state index < -0.39 is 14.2 Å². The van der Waals surface area contributed by atoms with Crippen LogP contribution in [0.25, 0.3) is 0 Å². The van der Waals surface area contributed by atoms with Gasteiger partial charge in [0, 0.05) is 13.1 Å². The third kappa shape index (κ3) is 2.97. The van der Waals surface area contributed by atoms with Gasteiger partial charge in [-0.15, -0.1) is 0 Å². The smallest absolute Gasteiger partial charge is 0.414 e. The Labute approximate surface area is 131 Å². The van der Waals surface area contributed by atoms with Crippen LogP contribution in [0, 0.1) is 5.82 Å². The summed E-state index contributed by atoms with van der Waals surface area (Å²) in [5.41, 5.74) is 1.22. The van der Waals surface area contributed by atoms with Crippen LogP contribution >= 0.6 is 0 Å². The molecule has 1 amide bonds. The third-order valence-corrected chi connectivity index (χ3v) is 7.82. The lowest BCUT2D eigenvalue weighted by atomic mass is 10.2. The SMILES string of the molecule is CC1CN(c2ccc(N3CC[Si](C)(C)CC3)c(F)c2)C(=O)O1. The lowest BCUT2D eigenvalue weighted by molar-refractivity contribution is 0.150. The van der Waals surface area contributed by atoms with Gasteiger partial charge >= 0.3 is 6.09 Å². The molecule has 0 aliphatic carbocycles. The lowest BCUT2D eigenvalue weighted by Gasteiger charge is -2.37. The van der Waals surface area contributed by atoms with Crippen molar-refractivity contribution in [2.24, 2.45) is 0 Å². The third-order valence-electron chi connectivity index (χ3n) is 4.66. The van der Waals surface area contributed by atoms with Gasteiger partial charge in [0.25, 0.3) is 0 Å². The van der Waals surface area contributed by atoms with E-state index in [1.165, 1.54) is 23.1 Å². The quantitative estimate of drug-likeness (QED) is 0.778. The summed E-state index contributed by atoms with van der Waals surface area (Å²) >= 11 is 0. The molecule has 2 aliphatic heterocycles. The number of rotatable bonds is 2. The highest BCUT2D eigenvalue weighted by molar-refractivity contribution is 6.77. The molecule has 1 unspecified atom stereocenters. The van der Waals surface area contributed by atoms with Gasteiger partial charge in [0.1, 0.15) is 11.9 Å². The number of benzene rings is 1. The van der Waals surface area contributed by atoms with Crippen LogP contribution in [-0.4, -0.2) is 39.9 Å². The first-order valence-electron chi connectivity index (χ1n) is 7.88.